The molecule has 0 aliphatic rings. The molecule has 0 aromatic carbocycles. The van der Waals surface area contributed by atoms with E-state index in [1.54, 1.807) is 18.4 Å². The van der Waals surface area contributed by atoms with Crippen LogP contribution in [0.15, 0.2) is 11.0 Å². The van der Waals surface area contributed by atoms with Gasteiger partial charge in [-0.15, -0.1) is 0 Å². The summed E-state index contributed by atoms with van der Waals surface area (Å²) in [6, 6.07) is 1.97. The maximum atomic E-state index is 11.4. The molecule has 5 nitrogen and oxygen atoms in total. The molecule has 0 atom stereocenters. The Bertz CT molecular complexity index is 600. The lowest BCUT2D eigenvalue weighted by atomic mass is 10.2. The molecule has 0 radical (unpaired) electrons. The summed E-state index contributed by atoms with van der Waals surface area (Å²) in [5.41, 5.74) is 2.04. The van der Waals surface area contributed by atoms with E-state index in [0.717, 1.165) is 5.69 Å². The Labute approximate surface area is 79.6 Å². The van der Waals surface area contributed by atoms with Gasteiger partial charge in [-0.2, -0.15) is 10.4 Å². The van der Waals surface area contributed by atoms with E-state index >= 15 is 0 Å². The summed E-state index contributed by atoms with van der Waals surface area (Å²) in [5.74, 6) is 0. The fourth-order valence-corrected chi connectivity index (χ4v) is 1.33. The number of nitriles is 1. The number of nitrogens with one attached hydrogen (secondary N) is 1. The van der Waals surface area contributed by atoms with Crippen LogP contribution < -0.4 is 5.56 Å². The Balaban J connectivity index is 3.03. The third-order valence-electron chi connectivity index (χ3n) is 2.32. The molecule has 0 fully saturated rings. The molecule has 2 heterocycles. The summed E-state index contributed by atoms with van der Waals surface area (Å²) in [6.45, 7) is 3.52. The van der Waals surface area contributed by atoms with Crippen LogP contribution in [0.25, 0.3) is 5.65 Å². The van der Waals surface area contributed by atoms with Crippen LogP contribution in [-0.4, -0.2) is 14.6 Å². The molecule has 0 aliphatic heterocycles. The minimum atomic E-state index is -0.174. The van der Waals surface area contributed by atoms with Gasteiger partial charge in [0.05, 0.1) is 6.20 Å². The van der Waals surface area contributed by atoms with Gasteiger partial charge < -0.3 is 4.98 Å². The topological polar surface area (TPSA) is 74.0 Å². The van der Waals surface area contributed by atoms with E-state index in [4.69, 9.17) is 5.26 Å². The van der Waals surface area contributed by atoms with E-state index in [1.165, 1.54) is 6.20 Å². The molecule has 2 aromatic rings. The number of rotatable bonds is 0. The second-order valence-corrected chi connectivity index (χ2v) is 3.09. The SMILES string of the molecule is Cc1c(C)n2ncc(C#N)c2[nH]c1=O. The highest BCUT2D eigenvalue weighted by atomic mass is 16.1. The van der Waals surface area contributed by atoms with Crippen molar-refractivity contribution >= 4 is 5.65 Å². The first kappa shape index (κ1) is 8.51. The van der Waals surface area contributed by atoms with Crippen LogP contribution in [0.3, 0.4) is 0 Å². The lowest BCUT2D eigenvalue weighted by Gasteiger charge is -2.01. The molecule has 0 saturated heterocycles. The zero-order valence-electron chi connectivity index (χ0n) is 7.83. The minimum absolute atomic E-state index is 0.174. The molecular formula is C9H8N4O. The smallest absolute Gasteiger partial charge is 0.254 e. The van der Waals surface area contributed by atoms with Crippen LogP contribution in [0.5, 0.6) is 0 Å². The third kappa shape index (κ3) is 0.941. The van der Waals surface area contributed by atoms with Crippen molar-refractivity contribution < 1.29 is 0 Å². The predicted octanol–water partition coefficient (Wildman–Crippen LogP) is 0.511. The first-order chi connectivity index (χ1) is 6.65. The standard InChI is InChI=1S/C9H8N4O/c1-5-6(2)13-8(12-9(5)14)7(3-10)4-11-13/h4H,1-2H3,(H,12,14). The Morgan fingerprint density at radius 2 is 2.29 bits per heavy atom. The molecular weight excluding hydrogens is 180 g/mol. The van der Waals surface area contributed by atoms with Crippen molar-refractivity contribution in [3.63, 3.8) is 0 Å². The average Bonchev–Trinajstić information content (AvgIpc) is 2.57. The van der Waals surface area contributed by atoms with Gasteiger partial charge in [-0.05, 0) is 13.8 Å². The number of aryl methyl sites for hydroxylation is 1. The second-order valence-electron chi connectivity index (χ2n) is 3.09. The minimum Gasteiger partial charge on any atom is -0.306 e. The molecule has 0 bridgehead atoms. The van der Waals surface area contributed by atoms with E-state index in [2.05, 4.69) is 10.1 Å². The average molecular weight is 188 g/mol. The van der Waals surface area contributed by atoms with E-state index in [-0.39, 0.29) is 5.56 Å². The van der Waals surface area contributed by atoms with Crippen molar-refractivity contribution in [1.29, 1.82) is 5.26 Å². The van der Waals surface area contributed by atoms with Gasteiger partial charge >= 0.3 is 0 Å². The van der Waals surface area contributed by atoms with Crippen LogP contribution in [-0.2, 0) is 0 Å². The molecule has 0 unspecified atom stereocenters. The number of aromatic nitrogens is 3. The van der Waals surface area contributed by atoms with Crippen molar-refractivity contribution in [2.45, 2.75) is 13.8 Å². The lowest BCUT2D eigenvalue weighted by molar-refractivity contribution is 0.870. The van der Waals surface area contributed by atoms with Crippen LogP contribution in [0, 0.1) is 25.2 Å². The first-order valence-electron chi connectivity index (χ1n) is 4.12. The summed E-state index contributed by atoms with van der Waals surface area (Å²) in [7, 11) is 0. The van der Waals surface area contributed by atoms with Crippen LogP contribution >= 0.6 is 0 Å². The van der Waals surface area contributed by atoms with Crippen molar-refractivity contribution in [1.82, 2.24) is 14.6 Å². The molecule has 1 N–H and O–H groups in total. The fourth-order valence-electron chi connectivity index (χ4n) is 1.33. The number of aromatic amines is 1. The Morgan fingerprint density at radius 1 is 1.57 bits per heavy atom. The highest BCUT2D eigenvalue weighted by molar-refractivity contribution is 5.54. The van der Waals surface area contributed by atoms with Gasteiger partial charge in [0.1, 0.15) is 11.6 Å². The highest BCUT2D eigenvalue weighted by Gasteiger charge is 2.09. The van der Waals surface area contributed by atoms with Gasteiger partial charge in [0, 0.05) is 11.3 Å². The van der Waals surface area contributed by atoms with Crippen molar-refractivity contribution in [2.24, 2.45) is 0 Å². The number of hydrogen-bond acceptors (Lipinski definition) is 3. The van der Waals surface area contributed by atoms with Gasteiger partial charge in [-0.3, -0.25) is 4.79 Å². The molecule has 0 spiro atoms. The summed E-state index contributed by atoms with van der Waals surface area (Å²) in [5, 5.41) is 12.8. The van der Waals surface area contributed by atoms with Gasteiger partial charge in [0.2, 0.25) is 0 Å². The van der Waals surface area contributed by atoms with Gasteiger partial charge in [-0.25, -0.2) is 4.52 Å². The van der Waals surface area contributed by atoms with Crippen molar-refractivity contribution in [3.05, 3.63) is 33.4 Å². The van der Waals surface area contributed by atoms with Crippen LogP contribution in [0.4, 0.5) is 0 Å². The largest absolute Gasteiger partial charge is 0.306 e. The predicted molar refractivity (Wildman–Crippen MR) is 50.0 cm³/mol. The Hall–Kier alpha value is -2.09. The molecule has 2 aromatic heterocycles. The second kappa shape index (κ2) is 2.70. The van der Waals surface area contributed by atoms with Gasteiger partial charge in [0.25, 0.3) is 5.56 Å². The summed E-state index contributed by atoms with van der Waals surface area (Å²) in [6.07, 6.45) is 1.44. The van der Waals surface area contributed by atoms with Gasteiger partial charge in [0.15, 0.2) is 5.65 Å². The summed E-state index contributed by atoms with van der Waals surface area (Å²) >= 11 is 0. The quantitative estimate of drug-likeness (QED) is 0.654. The van der Waals surface area contributed by atoms with E-state index in [1.807, 2.05) is 6.07 Å². The van der Waals surface area contributed by atoms with Crippen molar-refractivity contribution in [3.8, 4) is 6.07 Å². The van der Waals surface area contributed by atoms with Crippen LogP contribution in [0.2, 0.25) is 0 Å². The Kier molecular flexibility index (Phi) is 1.64. The maximum absolute atomic E-state index is 11.4. The Morgan fingerprint density at radius 3 is 2.93 bits per heavy atom. The maximum Gasteiger partial charge on any atom is 0.254 e. The number of nitrogens with zero attached hydrogens (tertiary/aromatic N) is 3. The molecule has 70 valence electrons. The monoisotopic (exact) mass is 188 g/mol. The fraction of sp³-hybridized carbons (Fsp3) is 0.222. The normalized spacial score (nSPS) is 10.4. The number of H-pyrrole nitrogens is 1. The first-order valence-corrected chi connectivity index (χ1v) is 4.12. The highest BCUT2D eigenvalue weighted by Crippen LogP contribution is 2.08. The summed E-state index contributed by atoms with van der Waals surface area (Å²) in [4.78, 5) is 14.0. The van der Waals surface area contributed by atoms with Crippen LogP contribution in [0.1, 0.15) is 16.8 Å². The lowest BCUT2D eigenvalue weighted by Crippen LogP contribution is -2.15. The van der Waals surface area contributed by atoms with Gasteiger partial charge in [-0.1, -0.05) is 0 Å². The molecule has 14 heavy (non-hydrogen) atoms. The number of hydrogen-bond donors (Lipinski definition) is 1. The zero-order chi connectivity index (χ0) is 10.3. The number of fused-ring (bicyclic) bond motifs is 1. The third-order valence-corrected chi connectivity index (χ3v) is 2.32. The zero-order valence-corrected chi connectivity index (χ0v) is 7.83. The van der Waals surface area contributed by atoms with E-state index < -0.39 is 0 Å². The molecule has 5 heteroatoms. The molecule has 0 amide bonds. The van der Waals surface area contributed by atoms with E-state index in [9.17, 15) is 4.79 Å². The summed E-state index contributed by atoms with van der Waals surface area (Å²) < 4.78 is 1.56. The molecule has 2 rings (SSSR count). The molecule has 0 aliphatic carbocycles. The molecule has 0 saturated carbocycles. The van der Waals surface area contributed by atoms with E-state index in [0.29, 0.717) is 16.8 Å². The van der Waals surface area contributed by atoms with Crippen molar-refractivity contribution in [2.75, 3.05) is 0 Å².